The van der Waals surface area contributed by atoms with Gasteiger partial charge in [0.05, 0.1) is 18.4 Å². The van der Waals surface area contributed by atoms with Crippen LogP contribution in [0.15, 0.2) is 36.4 Å². The lowest BCUT2D eigenvalue weighted by Gasteiger charge is -2.14. The average Bonchev–Trinajstić information content (AvgIpc) is 2.56. The van der Waals surface area contributed by atoms with Crippen molar-refractivity contribution >= 4 is 29.2 Å². The van der Waals surface area contributed by atoms with E-state index in [1.807, 2.05) is 0 Å². The highest BCUT2D eigenvalue weighted by molar-refractivity contribution is 6.30. The topological polar surface area (TPSA) is 64.6 Å². The number of halogens is 3. The van der Waals surface area contributed by atoms with E-state index < -0.39 is 29.6 Å². The fourth-order valence-corrected chi connectivity index (χ4v) is 2.05. The van der Waals surface area contributed by atoms with Crippen LogP contribution in [0, 0.1) is 11.6 Å². The average molecular weight is 370 g/mol. The van der Waals surface area contributed by atoms with Crippen LogP contribution in [0.25, 0.3) is 0 Å². The number of methoxy groups -OCH3 is 1. The van der Waals surface area contributed by atoms with Gasteiger partial charge in [-0.05, 0) is 37.3 Å². The number of benzene rings is 2. The number of esters is 1. The summed E-state index contributed by atoms with van der Waals surface area (Å²) in [5.41, 5.74) is -0.467. The van der Waals surface area contributed by atoms with Crippen LogP contribution in [0.4, 0.5) is 14.5 Å². The molecule has 8 heteroatoms. The molecule has 0 spiro atoms. The predicted octanol–water partition coefficient (Wildman–Crippen LogP) is 3.81. The first kappa shape index (κ1) is 18.7. The van der Waals surface area contributed by atoms with Gasteiger partial charge >= 0.3 is 5.97 Å². The number of hydrogen-bond acceptors (Lipinski definition) is 4. The predicted molar refractivity (Wildman–Crippen MR) is 87.9 cm³/mol. The number of anilines is 1. The molecule has 0 aliphatic rings. The van der Waals surface area contributed by atoms with Crippen LogP contribution in [0.2, 0.25) is 5.02 Å². The summed E-state index contributed by atoms with van der Waals surface area (Å²) < 4.78 is 37.2. The van der Waals surface area contributed by atoms with Crippen LogP contribution in [0.5, 0.6) is 5.75 Å². The molecule has 0 saturated carbocycles. The quantitative estimate of drug-likeness (QED) is 0.814. The maximum absolute atomic E-state index is 13.8. The first-order valence-electron chi connectivity index (χ1n) is 7.12. The molecule has 0 aliphatic heterocycles. The molecule has 0 fully saturated rings. The molecule has 25 heavy (non-hydrogen) atoms. The van der Waals surface area contributed by atoms with Gasteiger partial charge in [-0.1, -0.05) is 11.6 Å². The van der Waals surface area contributed by atoms with Crippen LogP contribution in [-0.4, -0.2) is 25.1 Å². The standard InChI is InChI=1S/C17H14ClF2NO4/c1-9(16(22)21-15-6-3-10(18)7-14(15)20)25-17(23)12-5-4-11(24-2)8-13(12)19/h3-9H,1-2H3,(H,21,22)/t9-/m0/s1. The molecule has 0 aromatic heterocycles. The maximum atomic E-state index is 13.8. The van der Waals surface area contributed by atoms with E-state index in [9.17, 15) is 18.4 Å². The van der Waals surface area contributed by atoms with Gasteiger partial charge < -0.3 is 14.8 Å². The van der Waals surface area contributed by atoms with E-state index in [0.29, 0.717) is 0 Å². The van der Waals surface area contributed by atoms with Crippen molar-refractivity contribution in [2.75, 3.05) is 12.4 Å². The van der Waals surface area contributed by atoms with Crippen molar-refractivity contribution in [3.63, 3.8) is 0 Å². The van der Waals surface area contributed by atoms with Crippen molar-refractivity contribution < 1.29 is 27.8 Å². The minimum absolute atomic E-state index is 0.118. The molecule has 2 rings (SSSR count). The number of rotatable bonds is 5. The SMILES string of the molecule is COc1ccc(C(=O)O[C@@H](C)C(=O)Nc2ccc(Cl)cc2F)c(F)c1. The maximum Gasteiger partial charge on any atom is 0.341 e. The third-order valence-electron chi connectivity index (χ3n) is 3.24. The Hall–Kier alpha value is -2.67. The zero-order chi connectivity index (χ0) is 18.6. The van der Waals surface area contributed by atoms with Crippen molar-refractivity contribution in [2.24, 2.45) is 0 Å². The van der Waals surface area contributed by atoms with Gasteiger partial charge in [0, 0.05) is 11.1 Å². The van der Waals surface area contributed by atoms with Gasteiger partial charge in [-0.15, -0.1) is 0 Å². The highest BCUT2D eigenvalue weighted by Crippen LogP contribution is 2.20. The van der Waals surface area contributed by atoms with Crippen LogP contribution < -0.4 is 10.1 Å². The van der Waals surface area contributed by atoms with Crippen LogP contribution >= 0.6 is 11.6 Å². The van der Waals surface area contributed by atoms with Crippen molar-refractivity contribution in [1.82, 2.24) is 0 Å². The molecule has 1 N–H and O–H groups in total. The second kappa shape index (κ2) is 7.94. The molecule has 0 saturated heterocycles. The fourth-order valence-electron chi connectivity index (χ4n) is 1.89. The molecule has 2 aromatic carbocycles. The molecule has 0 aliphatic carbocycles. The Labute approximate surface area is 147 Å². The van der Waals surface area contributed by atoms with E-state index in [1.165, 1.54) is 38.3 Å². The van der Waals surface area contributed by atoms with Gasteiger partial charge in [0.25, 0.3) is 5.91 Å². The van der Waals surface area contributed by atoms with E-state index in [1.54, 1.807) is 0 Å². The minimum atomic E-state index is -1.27. The molecule has 5 nitrogen and oxygen atoms in total. The van der Waals surface area contributed by atoms with E-state index in [0.717, 1.165) is 12.1 Å². The highest BCUT2D eigenvalue weighted by Gasteiger charge is 2.22. The van der Waals surface area contributed by atoms with Crippen molar-refractivity contribution in [1.29, 1.82) is 0 Å². The second-order valence-electron chi connectivity index (χ2n) is 5.01. The van der Waals surface area contributed by atoms with E-state index >= 15 is 0 Å². The van der Waals surface area contributed by atoms with Crippen molar-refractivity contribution in [3.8, 4) is 5.75 Å². The monoisotopic (exact) mass is 369 g/mol. The first-order valence-corrected chi connectivity index (χ1v) is 7.50. The van der Waals surface area contributed by atoms with Crippen LogP contribution in [-0.2, 0) is 9.53 Å². The Morgan fingerprint density at radius 2 is 1.84 bits per heavy atom. The van der Waals surface area contributed by atoms with E-state index in [4.69, 9.17) is 21.1 Å². The summed E-state index contributed by atoms with van der Waals surface area (Å²) in [6, 6.07) is 7.27. The fraction of sp³-hybridized carbons (Fsp3) is 0.176. The molecule has 2 aromatic rings. The highest BCUT2D eigenvalue weighted by atomic mass is 35.5. The Morgan fingerprint density at radius 3 is 2.44 bits per heavy atom. The third-order valence-corrected chi connectivity index (χ3v) is 3.47. The van der Waals surface area contributed by atoms with Gasteiger partial charge in [-0.2, -0.15) is 0 Å². The van der Waals surface area contributed by atoms with Gasteiger partial charge in [-0.3, -0.25) is 4.79 Å². The molecular weight excluding hydrogens is 356 g/mol. The van der Waals surface area contributed by atoms with Crippen molar-refractivity contribution in [3.05, 3.63) is 58.6 Å². The third kappa shape index (κ3) is 4.67. The summed E-state index contributed by atoms with van der Waals surface area (Å²) in [5, 5.41) is 2.43. The molecule has 1 atom stereocenters. The number of amides is 1. The van der Waals surface area contributed by atoms with Gasteiger partial charge in [0.15, 0.2) is 6.10 Å². The summed E-state index contributed by atoms with van der Waals surface area (Å²) in [4.78, 5) is 24.0. The summed E-state index contributed by atoms with van der Waals surface area (Å²) in [6.07, 6.45) is -1.27. The lowest BCUT2D eigenvalue weighted by atomic mass is 10.2. The number of carbonyl (C=O) groups excluding carboxylic acids is 2. The lowest BCUT2D eigenvalue weighted by Crippen LogP contribution is -2.30. The minimum Gasteiger partial charge on any atom is -0.497 e. The van der Waals surface area contributed by atoms with E-state index in [2.05, 4.69) is 5.32 Å². The number of nitrogens with one attached hydrogen (secondary N) is 1. The normalized spacial score (nSPS) is 11.6. The van der Waals surface area contributed by atoms with Gasteiger partial charge in [0.2, 0.25) is 0 Å². The molecule has 0 heterocycles. The van der Waals surface area contributed by atoms with Crippen molar-refractivity contribution in [2.45, 2.75) is 13.0 Å². The molecule has 0 bridgehead atoms. The summed E-state index contributed by atoms with van der Waals surface area (Å²) in [6.45, 7) is 1.28. The molecular formula is C17H14ClF2NO4. The number of hydrogen-bond donors (Lipinski definition) is 1. The van der Waals surface area contributed by atoms with Crippen LogP contribution in [0.1, 0.15) is 17.3 Å². The first-order chi connectivity index (χ1) is 11.8. The second-order valence-corrected chi connectivity index (χ2v) is 5.44. The Balaban J connectivity index is 2.04. The van der Waals surface area contributed by atoms with Gasteiger partial charge in [-0.25, -0.2) is 13.6 Å². The summed E-state index contributed by atoms with van der Waals surface area (Å²) in [5.74, 6) is -3.15. The number of carbonyl (C=O) groups is 2. The largest absolute Gasteiger partial charge is 0.497 e. The molecule has 1 amide bonds. The summed E-state index contributed by atoms with van der Waals surface area (Å²) in [7, 11) is 1.36. The Morgan fingerprint density at radius 1 is 1.12 bits per heavy atom. The smallest absolute Gasteiger partial charge is 0.341 e. The zero-order valence-electron chi connectivity index (χ0n) is 13.3. The molecule has 0 radical (unpaired) electrons. The van der Waals surface area contributed by atoms with Gasteiger partial charge in [0.1, 0.15) is 17.4 Å². The van der Waals surface area contributed by atoms with E-state index in [-0.39, 0.29) is 22.0 Å². The Bertz CT molecular complexity index is 813. The summed E-state index contributed by atoms with van der Waals surface area (Å²) >= 11 is 5.62. The zero-order valence-corrected chi connectivity index (χ0v) is 14.1. The molecule has 0 unspecified atom stereocenters. The molecule has 132 valence electrons. The van der Waals surface area contributed by atoms with Crippen LogP contribution in [0.3, 0.4) is 0 Å². The number of ether oxygens (including phenoxy) is 2. The Kier molecular flexibility index (Phi) is 5.93. The lowest BCUT2D eigenvalue weighted by molar-refractivity contribution is -0.123.